The summed E-state index contributed by atoms with van der Waals surface area (Å²) in [5.74, 6) is 0.790. The average molecular weight is 238 g/mol. The van der Waals surface area contributed by atoms with E-state index < -0.39 is 0 Å². The lowest BCUT2D eigenvalue weighted by Crippen LogP contribution is -2.48. The van der Waals surface area contributed by atoms with Crippen LogP contribution in [-0.2, 0) is 4.74 Å². The smallest absolute Gasteiger partial charge is 0.182 e. The van der Waals surface area contributed by atoms with Gasteiger partial charge < -0.3 is 19.6 Å². The quantitative estimate of drug-likeness (QED) is 0.427. The third kappa shape index (κ3) is 6.85. The number of rotatable bonds is 4. The third-order valence-electron chi connectivity index (χ3n) is 2.77. The molecule has 0 unspecified atom stereocenters. The van der Waals surface area contributed by atoms with Crippen molar-refractivity contribution in [3.05, 3.63) is 5.41 Å². The number of methoxy groups -OCH3 is 1. The highest BCUT2D eigenvalue weighted by molar-refractivity contribution is 5.46. The second-order valence-electron chi connectivity index (χ2n) is 4.80. The Morgan fingerprint density at radius 3 is 2.29 bits per heavy atom. The molecule has 1 rings (SSSR count). The highest BCUT2D eigenvalue weighted by Crippen LogP contribution is 2.21. The largest absolute Gasteiger partial charge is 0.422 e. The van der Waals surface area contributed by atoms with Gasteiger partial charge in [-0.25, -0.2) is 0 Å². The summed E-state index contributed by atoms with van der Waals surface area (Å²) in [6.45, 7) is 9.45. The Balaban J connectivity index is 0.000000437. The van der Waals surface area contributed by atoms with Gasteiger partial charge in [0.1, 0.15) is 0 Å². The van der Waals surface area contributed by atoms with E-state index in [4.69, 9.17) is 15.4 Å². The van der Waals surface area contributed by atoms with Gasteiger partial charge in [-0.05, 0) is 0 Å². The zero-order chi connectivity index (χ0) is 13.1. The zero-order valence-corrected chi connectivity index (χ0v) is 11.0. The molecule has 0 aromatic rings. The van der Waals surface area contributed by atoms with Crippen LogP contribution in [0.5, 0.6) is 0 Å². The van der Waals surface area contributed by atoms with E-state index in [9.17, 15) is 0 Å². The number of nitriles is 1. The van der Waals surface area contributed by atoms with Gasteiger partial charge in [-0.15, -0.1) is 6.01 Å². The van der Waals surface area contributed by atoms with E-state index in [1.54, 1.807) is 0 Å². The molecular weight excluding hydrogens is 216 g/mol. The number of likely N-dealkylation sites (tertiary alicyclic amines) is 1. The second-order valence-corrected chi connectivity index (χ2v) is 4.80. The molecule has 0 aliphatic carbocycles. The lowest BCUT2D eigenvalue weighted by atomic mass is 10.2. The molecule has 1 aliphatic heterocycles. The second kappa shape index (κ2) is 8.89. The van der Waals surface area contributed by atoms with Crippen molar-refractivity contribution in [2.45, 2.75) is 26.7 Å². The molecule has 5 heteroatoms. The van der Waals surface area contributed by atoms with Crippen LogP contribution in [0.25, 0.3) is 5.41 Å². The van der Waals surface area contributed by atoms with Crippen LogP contribution >= 0.6 is 0 Å². The van der Waals surface area contributed by atoms with Crippen molar-refractivity contribution in [1.82, 2.24) is 0 Å². The molecule has 1 aliphatic rings. The Hall–Kier alpha value is -1.21. The van der Waals surface area contributed by atoms with Crippen LogP contribution in [0, 0.1) is 17.4 Å². The fourth-order valence-corrected chi connectivity index (χ4v) is 2.44. The molecule has 1 saturated heterocycles. The van der Waals surface area contributed by atoms with Crippen LogP contribution in [0.1, 0.15) is 26.7 Å². The lowest BCUT2D eigenvalue weighted by Gasteiger charge is -2.34. The van der Waals surface area contributed by atoms with Crippen LogP contribution < -0.4 is 0 Å². The molecule has 0 amide bonds. The van der Waals surface area contributed by atoms with E-state index in [1.165, 1.54) is 49.2 Å². The molecule has 96 valence electrons. The predicted octanol–water partition coefficient (Wildman–Crippen LogP) is 2.07. The fraction of sp³-hybridized carbons (Fsp3) is 0.833. The number of aliphatic imine (C=N–C) groups is 1. The van der Waals surface area contributed by atoms with Crippen molar-refractivity contribution in [2.75, 3.05) is 33.5 Å². The van der Waals surface area contributed by atoms with E-state index in [0.717, 1.165) is 12.6 Å². The van der Waals surface area contributed by atoms with Crippen LogP contribution in [0.3, 0.4) is 0 Å². The van der Waals surface area contributed by atoms with Gasteiger partial charge in [-0.1, -0.05) is 13.8 Å². The number of nitrogens with zero attached hydrogens (tertiary/aromatic N) is 4. The molecule has 0 N–H and O–H groups in total. The molecule has 1 fully saturated rings. The molecular formula is C12H22N4O. The summed E-state index contributed by atoms with van der Waals surface area (Å²) in [5, 5.41) is 14.9. The Kier molecular flexibility index (Phi) is 8.25. The number of quaternary nitrogens is 1. The predicted molar refractivity (Wildman–Crippen MR) is 67.2 cm³/mol. The highest BCUT2D eigenvalue weighted by Gasteiger charge is 2.32. The fourth-order valence-electron chi connectivity index (χ4n) is 2.44. The zero-order valence-electron chi connectivity index (χ0n) is 11.0. The first-order chi connectivity index (χ1) is 8.10. The van der Waals surface area contributed by atoms with Gasteiger partial charge in [-0.3, -0.25) is 0 Å². The molecule has 0 atom stereocenters. The molecule has 1 heterocycles. The van der Waals surface area contributed by atoms with E-state index >= 15 is 0 Å². The van der Waals surface area contributed by atoms with Gasteiger partial charge in [0.2, 0.25) is 0 Å². The first-order valence-electron chi connectivity index (χ1n) is 5.92. The Morgan fingerprint density at radius 2 is 2.00 bits per heavy atom. The monoisotopic (exact) mass is 238 g/mol. The van der Waals surface area contributed by atoms with Crippen molar-refractivity contribution >= 4 is 6.01 Å². The minimum Gasteiger partial charge on any atom is -0.422 e. The van der Waals surface area contributed by atoms with Gasteiger partial charge in [0.15, 0.2) is 6.73 Å². The molecule has 0 spiro atoms. The maximum atomic E-state index is 7.43. The molecule has 0 saturated carbocycles. The van der Waals surface area contributed by atoms with Crippen LogP contribution in [0.2, 0.25) is 0 Å². The summed E-state index contributed by atoms with van der Waals surface area (Å²) in [4.78, 5) is 2.58. The maximum Gasteiger partial charge on any atom is 0.182 e. The van der Waals surface area contributed by atoms with Gasteiger partial charge in [0.05, 0.1) is 25.8 Å². The van der Waals surface area contributed by atoms with Gasteiger partial charge in [0, 0.05) is 25.9 Å². The normalized spacial score (nSPS) is 16.6. The molecule has 0 radical (unpaired) electrons. The molecule has 5 nitrogen and oxygen atoms in total. The van der Waals surface area contributed by atoms with E-state index in [2.05, 4.69) is 18.8 Å². The van der Waals surface area contributed by atoms with Crippen molar-refractivity contribution < 1.29 is 9.22 Å². The molecule has 0 aromatic carbocycles. The number of hydrogen-bond acceptors (Lipinski definition) is 3. The third-order valence-corrected chi connectivity index (χ3v) is 2.77. The summed E-state index contributed by atoms with van der Waals surface area (Å²) in [6.07, 6.45) is 4.05. The van der Waals surface area contributed by atoms with Crippen molar-refractivity contribution in [3.63, 3.8) is 0 Å². The molecule has 0 bridgehead atoms. The summed E-state index contributed by atoms with van der Waals surface area (Å²) in [6, 6.07) is 1.28. The Bertz CT molecular complexity index is 283. The number of ether oxygens (including phenoxy) is 1. The summed E-state index contributed by atoms with van der Waals surface area (Å²) >= 11 is 0. The van der Waals surface area contributed by atoms with Crippen LogP contribution in [-0.4, -0.2) is 44.0 Å². The minimum absolute atomic E-state index is 0.790. The summed E-state index contributed by atoms with van der Waals surface area (Å²) in [5.41, 5.74) is 0. The Morgan fingerprint density at radius 1 is 1.41 bits per heavy atom. The van der Waals surface area contributed by atoms with Crippen molar-refractivity contribution in [1.29, 1.82) is 5.26 Å². The van der Waals surface area contributed by atoms with E-state index in [0.29, 0.717) is 0 Å². The number of hydrogen-bond donors (Lipinski definition) is 0. The Labute approximate surface area is 104 Å². The van der Waals surface area contributed by atoms with Crippen LogP contribution in [0.15, 0.2) is 4.99 Å². The SMILES string of the molecule is COC[N+]1(CC(C)C)CCCC1.N#CN=C=[N-]. The average Bonchev–Trinajstić information content (AvgIpc) is 2.68. The first kappa shape index (κ1) is 15.8. The summed E-state index contributed by atoms with van der Waals surface area (Å²) < 4.78 is 6.50. The first-order valence-corrected chi connectivity index (χ1v) is 5.92. The van der Waals surface area contributed by atoms with Crippen molar-refractivity contribution in [3.8, 4) is 6.19 Å². The van der Waals surface area contributed by atoms with Gasteiger partial charge in [0.25, 0.3) is 0 Å². The van der Waals surface area contributed by atoms with E-state index in [1.807, 2.05) is 7.11 Å². The topological polar surface area (TPSA) is 67.7 Å². The minimum atomic E-state index is 0.790. The van der Waals surface area contributed by atoms with E-state index in [-0.39, 0.29) is 0 Å². The molecule has 0 aromatic heterocycles. The van der Waals surface area contributed by atoms with Gasteiger partial charge in [-0.2, -0.15) is 5.26 Å². The standard InChI is InChI=1S/C10H22NO.C2N3/c1-10(2)8-11(9-12-3)6-4-5-7-11;3-1-5-2-4/h10H,4-9H2,1-3H3;/q+1;-1. The van der Waals surface area contributed by atoms with Crippen LogP contribution in [0.4, 0.5) is 0 Å². The summed E-state index contributed by atoms with van der Waals surface area (Å²) in [7, 11) is 1.82. The van der Waals surface area contributed by atoms with Crippen molar-refractivity contribution in [2.24, 2.45) is 10.9 Å². The van der Waals surface area contributed by atoms with Gasteiger partial charge >= 0.3 is 0 Å². The lowest BCUT2D eigenvalue weighted by molar-refractivity contribution is -0.937. The highest BCUT2D eigenvalue weighted by atomic mass is 16.5. The maximum absolute atomic E-state index is 7.43. The molecule has 17 heavy (non-hydrogen) atoms.